The third kappa shape index (κ3) is 3.15. The lowest BCUT2D eigenvalue weighted by atomic mass is 10.1. The van der Waals surface area contributed by atoms with Gasteiger partial charge in [-0.15, -0.1) is 0 Å². The summed E-state index contributed by atoms with van der Waals surface area (Å²) in [6.07, 6.45) is 0. The van der Waals surface area contributed by atoms with Gasteiger partial charge in [0.25, 0.3) is 0 Å². The average Bonchev–Trinajstić information content (AvgIpc) is 2.27. The van der Waals surface area contributed by atoms with Crippen LogP contribution in [0.2, 0.25) is 5.02 Å². The fourth-order valence-corrected chi connectivity index (χ4v) is 2.81. The molecule has 0 radical (unpaired) electrons. The minimum Gasteiger partial charge on any atom is -0.372 e. The van der Waals surface area contributed by atoms with Crippen molar-refractivity contribution in [3.05, 3.63) is 28.8 Å². The van der Waals surface area contributed by atoms with Crippen molar-refractivity contribution in [3.63, 3.8) is 0 Å². The molecule has 0 spiro atoms. The Morgan fingerprint density at radius 3 is 2.88 bits per heavy atom. The second-order valence-corrected chi connectivity index (χ2v) is 5.93. The lowest BCUT2D eigenvalue weighted by Crippen LogP contribution is -2.48. The maximum Gasteiger partial charge on any atom is 0.0801 e. The molecule has 17 heavy (non-hydrogen) atoms. The molecule has 1 fully saturated rings. The van der Waals surface area contributed by atoms with Crippen LogP contribution in [0.5, 0.6) is 0 Å². The van der Waals surface area contributed by atoms with Crippen LogP contribution in [0.1, 0.15) is 19.4 Å². The van der Waals surface area contributed by atoms with E-state index in [1.165, 1.54) is 11.3 Å². The molecule has 0 aliphatic carbocycles. The van der Waals surface area contributed by atoms with Crippen molar-refractivity contribution in [2.45, 2.75) is 24.8 Å². The van der Waals surface area contributed by atoms with Gasteiger partial charge in [0.05, 0.1) is 12.2 Å². The topological polar surface area (TPSA) is 12.5 Å². The molecule has 0 N–H and O–H groups in total. The van der Waals surface area contributed by atoms with E-state index in [1.807, 2.05) is 12.1 Å². The maximum atomic E-state index is 6.09. The van der Waals surface area contributed by atoms with Gasteiger partial charge in [-0.1, -0.05) is 33.6 Å². The number of nitrogens with zero attached hydrogens (tertiary/aromatic N) is 1. The monoisotopic (exact) mass is 317 g/mol. The summed E-state index contributed by atoms with van der Waals surface area (Å²) in [5.41, 5.74) is 2.39. The van der Waals surface area contributed by atoms with E-state index in [9.17, 15) is 0 Å². The summed E-state index contributed by atoms with van der Waals surface area (Å²) in [6.45, 7) is 6.83. The van der Waals surface area contributed by atoms with Crippen molar-refractivity contribution >= 4 is 33.2 Å². The van der Waals surface area contributed by atoms with Gasteiger partial charge in [0, 0.05) is 29.1 Å². The van der Waals surface area contributed by atoms with Gasteiger partial charge in [0.1, 0.15) is 0 Å². The number of ether oxygens (including phenoxy) is 1. The molecule has 2 nitrogen and oxygen atoms in total. The zero-order chi connectivity index (χ0) is 12.5. The molecule has 1 aliphatic heterocycles. The van der Waals surface area contributed by atoms with E-state index in [-0.39, 0.29) is 5.60 Å². The predicted molar refractivity (Wildman–Crippen MR) is 76.3 cm³/mol. The highest BCUT2D eigenvalue weighted by molar-refractivity contribution is 9.08. The Morgan fingerprint density at radius 1 is 1.47 bits per heavy atom. The molecule has 0 unspecified atom stereocenters. The molecule has 1 aromatic rings. The summed E-state index contributed by atoms with van der Waals surface area (Å²) in [5, 5.41) is 1.63. The molecule has 4 heteroatoms. The van der Waals surface area contributed by atoms with Crippen LogP contribution >= 0.6 is 27.5 Å². The molecule has 94 valence electrons. The van der Waals surface area contributed by atoms with Crippen molar-refractivity contribution in [3.8, 4) is 0 Å². The van der Waals surface area contributed by atoms with Gasteiger partial charge in [-0.2, -0.15) is 0 Å². The summed E-state index contributed by atoms with van der Waals surface area (Å²) >= 11 is 9.62. The Labute approximate surface area is 116 Å². The number of anilines is 1. The molecule has 2 rings (SSSR count). The minimum absolute atomic E-state index is 0.0931. The lowest BCUT2D eigenvalue weighted by Gasteiger charge is -2.40. The van der Waals surface area contributed by atoms with E-state index in [1.54, 1.807) is 0 Å². The van der Waals surface area contributed by atoms with Crippen LogP contribution in [0, 0.1) is 0 Å². The van der Waals surface area contributed by atoms with Crippen LogP contribution < -0.4 is 4.90 Å². The van der Waals surface area contributed by atoms with Crippen molar-refractivity contribution in [2.75, 3.05) is 24.6 Å². The summed E-state index contributed by atoms with van der Waals surface area (Å²) in [4.78, 5) is 2.35. The largest absolute Gasteiger partial charge is 0.372 e. The number of benzene rings is 1. The minimum atomic E-state index is -0.0931. The number of morpholine rings is 1. The second kappa shape index (κ2) is 5.17. The average molecular weight is 319 g/mol. The summed E-state index contributed by atoms with van der Waals surface area (Å²) in [7, 11) is 0. The molecule has 1 heterocycles. The number of halogens is 2. The van der Waals surface area contributed by atoms with Crippen LogP contribution in [0.15, 0.2) is 18.2 Å². The first-order chi connectivity index (χ1) is 8.02. The fraction of sp³-hybridized carbons (Fsp3) is 0.538. The van der Waals surface area contributed by atoms with E-state index in [4.69, 9.17) is 16.3 Å². The molecule has 0 atom stereocenters. The Bertz CT molecular complexity index is 408. The molecule has 1 aliphatic rings. The van der Waals surface area contributed by atoms with Crippen LogP contribution in [-0.2, 0) is 10.1 Å². The van der Waals surface area contributed by atoms with E-state index in [0.29, 0.717) is 0 Å². The Kier molecular flexibility index (Phi) is 4.01. The zero-order valence-corrected chi connectivity index (χ0v) is 12.5. The van der Waals surface area contributed by atoms with Gasteiger partial charge >= 0.3 is 0 Å². The van der Waals surface area contributed by atoms with Gasteiger partial charge in [-0.05, 0) is 31.5 Å². The zero-order valence-electron chi connectivity index (χ0n) is 10.2. The van der Waals surface area contributed by atoms with Gasteiger partial charge in [-0.25, -0.2) is 0 Å². The smallest absolute Gasteiger partial charge is 0.0801 e. The molecular weight excluding hydrogens is 302 g/mol. The van der Waals surface area contributed by atoms with Crippen molar-refractivity contribution in [1.82, 2.24) is 0 Å². The van der Waals surface area contributed by atoms with Crippen LogP contribution in [0.25, 0.3) is 0 Å². The van der Waals surface area contributed by atoms with Gasteiger partial charge in [-0.3, -0.25) is 0 Å². The van der Waals surface area contributed by atoms with E-state index >= 15 is 0 Å². The summed E-state index contributed by atoms with van der Waals surface area (Å²) in [6, 6.07) is 6.06. The van der Waals surface area contributed by atoms with Crippen molar-refractivity contribution in [2.24, 2.45) is 0 Å². The first-order valence-electron chi connectivity index (χ1n) is 5.75. The predicted octanol–water partition coefficient (Wildman–Crippen LogP) is 3.85. The highest BCUT2D eigenvalue weighted by Crippen LogP contribution is 2.30. The standard InChI is InChI=1S/C13H17BrClNO/c1-13(2)9-16(5-6-17-13)12-7-11(15)4-3-10(12)8-14/h3-4,7H,5-6,8-9H2,1-2H3. The maximum absolute atomic E-state index is 6.09. The lowest BCUT2D eigenvalue weighted by molar-refractivity contribution is -0.0277. The number of rotatable bonds is 2. The molecule has 0 saturated carbocycles. The SMILES string of the molecule is CC1(C)CN(c2cc(Cl)ccc2CBr)CCO1. The fourth-order valence-electron chi connectivity index (χ4n) is 2.17. The van der Waals surface area contributed by atoms with E-state index in [0.717, 1.165) is 30.0 Å². The second-order valence-electron chi connectivity index (χ2n) is 4.94. The first-order valence-corrected chi connectivity index (χ1v) is 7.25. The Balaban J connectivity index is 2.29. The van der Waals surface area contributed by atoms with Gasteiger partial charge in [0.15, 0.2) is 0 Å². The van der Waals surface area contributed by atoms with Crippen LogP contribution in [0.4, 0.5) is 5.69 Å². The van der Waals surface area contributed by atoms with E-state index < -0.39 is 0 Å². The molecule has 1 aromatic carbocycles. The normalized spacial score (nSPS) is 19.4. The molecule has 1 saturated heterocycles. The van der Waals surface area contributed by atoms with Crippen molar-refractivity contribution < 1.29 is 4.74 Å². The number of alkyl halides is 1. The third-order valence-corrected chi connectivity index (χ3v) is 3.80. The quantitative estimate of drug-likeness (QED) is 0.768. The Morgan fingerprint density at radius 2 is 2.24 bits per heavy atom. The van der Waals surface area contributed by atoms with Crippen LogP contribution in [-0.4, -0.2) is 25.3 Å². The highest BCUT2D eigenvalue weighted by Gasteiger charge is 2.28. The summed E-state index contributed by atoms with van der Waals surface area (Å²) in [5.74, 6) is 0. The molecule has 0 bridgehead atoms. The third-order valence-electron chi connectivity index (χ3n) is 2.96. The van der Waals surface area contributed by atoms with Crippen molar-refractivity contribution in [1.29, 1.82) is 0 Å². The summed E-state index contributed by atoms with van der Waals surface area (Å²) < 4.78 is 5.73. The van der Waals surface area contributed by atoms with Gasteiger partial charge in [0.2, 0.25) is 0 Å². The van der Waals surface area contributed by atoms with Gasteiger partial charge < -0.3 is 9.64 Å². The van der Waals surface area contributed by atoms with Crippen LogP contribution in [0.3, 0.4) is 0 Å². The molecule has 0 amide bonds. The molecule has 0 aromatic heterocycles. The molecular formula is C13H17BrClNO. The Hall–Kier alpha value is -0.250. The highest BCUT2D eigenvalue weighted by atomic mass is 79.9. The number of hydrogen-bond donors (Lipinski definition) is 0. The first kappa shape index (κ1) is 13.2. The van der Waals surface area contributed by atoms with E-state index in [2.05, 4.69) is 40.7 Å². The number of hydrogen-bond acceptors (Lipinski definition) is 2.